The number of nitrogens with zero attached hydrogens (tertiary/aromatic N) is 1. The van der Waals surface area contributed by atoms with Crippen LogP contribution in [-0.4, -0.2) is 13.4 Å². The maximum Gasteiger partial charge on any atom is 0.238 e. The largest absolute Gasteiger partial charge is 0.256 e. The van der Waals surface area contributed by atoms with E-state index in [2.05, 4.69) is 11.1 Å². The molecule has 0 aliphatic rings. The number of fused-ring (bicyclic) bond motifs is 1. The highest BCUT2D eigenvalue weighted by Gasteiger charge is 2.07. The van der Waals surface area contributed by atoms with Crippen LogP contribution in [0.3, 0.4) is 0 Å². The lowest BCUT2D eigenvalue weighted by atomic mass is 10.2. The van der Waals surface area contributed by atoms with Crippen LogP contribution in [0.5, 0.6) is 0 Å². The second-order valence-electron chi connectivity index (χ2n) is 2.83. The monoisotopic (exact) mass is 207 g/mol. The minimum Gasteiger partial charge on any atom is -0.256 e. The van der Waals surface area contributed by atoms with Gasteiger partial charge in [-0.05, 0) is 24.3 Å². The topological polar surface area (TPSA) is 73.1 Å². The molecule has 4 nitrogen and oxygen atoms in total. The van der Waals surface area contributed by atoms with E-state index in [-0.39, 0.29) is 4.90 Å². The van der Waals surface area contributed by atoms with Gasteiger partial charge in [-0.15, -0.1) is 0 Å². The van der Waals surface area contributed by atoms with Crippen molar-refractivity contribution in [3.05, 3.63) is 36.5 Å². The highest BCUT2D eigenvalue weighted by atomic mass is 32.2. The number of hydrogen-bond acceptors (Lipinski definition) is 3. The molecule has 0 saturated heterocycles. The first kappa shape index (κ1) is 9.11. The van der Waals surface area contributed by atoms with E-state index in [1.807, 2.05) is 0 Å². The third-order valence-corrected chi connectivity index (χ3v) is 2.76. The van der Waals surface area contributed by atoms with Crippen LogP contribution in [0.1, 0.15) is 0 Å². The summed E-state index contributed by atoms with van der Waals surface area (Å²) in [4.78, 5) is 4.10. The summed E-state index contributed by atoms with van der Waals surface area (Å²) in [7, 11) is -3.64. The van der Waals surface area contributed by atoms with Gasteiger partial charge in [0.05, 0.1) is 10.4 Å². The first-order valence-electron chi connectivity index (χ1n) is 3.86. The van der Waals surface area contributed by atoms with E-state index < -0.39 is 10.0 Å². The minimum atomic E-state index is -3.64. The highest BCUT2D eigenvalue weighted by molar-refractivity contribution is 7.89. The van der Waals surface area contributed by atoms with E-state index in [4.69, 9.17) is 5.14 Å². The summed E-state index contributed by atoms with van der Waals surface area (Å²) in [6, 6.07) is 8.96. The maximum absolute atomic E-state index is 11.0. The lowest BCUT2D eigenvalue weighted by Crippen LogP contribution is -2.11. The molecule has 0 aliphatic carbocycles. The van der Waals surface area contributed by atoms with E-state index in [1.165, 1.54) is 18.3 Å². The summed E-state index contributed by atoms with van der Waals surface area (Å²) in [5.74, 6) is 0. The van der Waals surface area contributed by atoms with E-state index in [9.17, 15) is 8.42 Å². The quantitative estimate of drug-likeness (QED) is 0.747. The smallest absolute Gasteiger partial charge is 0.238 e. The van der Waals surface area contributed by atoms with Gasteiger partial charge >= 0.3 is 0 Å². The van der Waals surface area contributed by atoms with Crippen molar-refractivity contribution in [3.8, 4) is 0 Å². The summed E-state index contributed by atoms with van der Waals surface area (Å²) in [6.45, 7) is 0. The van der Waals surface area contributed by atoms with Gasteiger partial charge < -0.3 is 0 Å². The second kappa shape index (κ2) is 3.04. The van der Waals surface area contributed by atoms with Crippen LogP contribution < -0.4 is 5.14 Å². The fraction of sp³-hybridized carbons (Fsp3) is 0. The molecule has 1 radical (unpaired) electrons. The Balaban J connectivity index is 2.75. The zero-order valence-corrected chi connectivity index (χ0v) is 7.95. The average Bonchev–Trinajstić information content (AvgIpc) is 2.16. The van der Waals surface area contributed by atoms with E-state index in [1.54, 1.807) is 12.1 Å². The molecule has 14 heavy (non-hydrogen) atoms. The van der Waals surface area contributed by atoms with Gasteiger partial charge in [-0.2, -0.15) is 0 Å². The zero-order chi connectivity index (χ0) is 10.2. The van der Waals surface area contributed by atoms with Gasteiger partial charge in [0.25, 0.3) is 0 Å². The SMILES string of the molecule is NS(=O)(=O)c1ccc2nc[c]cc2c1. The Morgan fingerprint density at radius 1 is 1.36 bits per heavy atom. The first-order chi connectivity index (χ1) is 6.57. The van der Waals surface area contributed by atoms with Crippen molar-refractivity contribution < 1.29 is 8.42 Å². The van der Waals surface area contributed by atoms with Crippen LogP contribution in [0.2, 0.25) is 0 Å². The Hall–Kier alpha value is -1.46. The molecule has 1 heterocycles. The van der Waals surface area contributed by atoms with Crippen molar-refractivity contribution in [2.24, 2.45) is 5.14 Å². The van der Waals surface area contributed by atoms with Gasteiger partial charge in [-0.25, -0.2) is 13.6 Å². The molecule has 0 atom stereocenters. The van der Waals surface area contributed by atoms with E-state index in [0.29, 0.717) is 5.39 Å². The Morgan fingerprint density at radius 3 is 2.86 bits per heavy atom. The number of benzene rings is 1. The number of pyridine rings is 1. The molecule has 0 amide bonds. The van der Waals surface area contributed by atoms with Crippen molar-refractivity contribution in [2.75, 3.05) is 0 Å². The summed E-state index contributed by atoms with van der Waals surface area (Å²) < 4.78 is 22.0. The van der Waals surface area contributed by atoms with Crippen LogP contribution >= 0.6 is 0 Å². The van der Waals surface area contributed by atoms with Crippen LogP contribution in [0.25, 0.3) is 10.9 Å². The van der Waals surface area contributed by atoms with Crippen molar-refractivity contribution in [1.29, 1.82) is 0 Å². The van der Waals surface area contributed by atoms with Crippen LogP contribution in [-0.2, 0) is 10.0 Å². The predicted octanol–water partition coefficient (Wildman–Crippen LogP) is 0.682. The number of aromatic nitrogens is 1. The van der Waals surface area contributed by atoms with Crippen LogP contribution in [0, 0.1) is 6.07 Å². The number of hydrogen-bond donors (Lipinski definition) is 1. The lowest BCUT2D eigenvalue weighted by molar-refractivity contribution is 0.598. The van der Waals surface area contributed by atoms with Gasteiger partial charge in [0.15, 0.2) is 0 Å². The molecule has 0 aliphatic heterocycles. The van der Waals surface area contributed by atoms with Gasteiger partial charge in [0.1, 0.15) is 0 Å². The fourth-order valence-corrected chi connectivity index (χ4v) is 1.73. The molecule has 0 saturated carbocycles. The number of nitrogens with two attached hydrogens (primary N) is 1. The molecule has 2 aromatic rings. The molecule has 0 fully saturated rings. The lowest BCUT2D eigenvalue weighted by Gasteiger charge is -1.99. The number of primary sulfonamides is 1. The summed E-state index contributed by atoms with van der Waals surface area (Å²) in [5.41, 5.74) is 0.719. The van der Waals surface area contributed by atoms with Crippen LogP contribution in [0.15, 0.2) is 35.4 Å². The Labute approximate surface area is 81.4 Å². The molecule has 0 unspecified atom stereocenters. The third-order valence-electron chi connectivity index (χ3n) is 1.84. The summed E-state index contributed by atoms with van der Waals surface area (Å²) >= 11 is 0. The van der Waals surface area contributed by atoms with Gasteiger partial charge in [0, 0.05) is 17.6 Å². The zero-order valence-electron chi connectivity index (χ0n) is 7.14. The predicted molar refractivity (Wildman–Crippen MR) is 52.0 cm³/mol. The standard InChI is InChI=1S/C9H7N2O2S/c10-14(12,13)8-3-4-9-7(6-8)2-1-5-11-9/h2-6H,(H2,10,12,13). The summed E-state index contributed by atoms with van der Waals surface area (Å²) in [5, 5.41) is 5.70. The van der Waals surface area contributed by atoms with E-state index >= 15 is 0 Å². The maximum atomic E-state index is 11.0. The molecular formula is C9H7N2O2S. The molecule has 2 N–H and O–H groups in total. The molecule has 1 aromatic carbocycles. The van der Waals surface area contributed by atoms with Crippen molar-refractivity contribution in [2.45, 2.75) is 4.90 Å². The molecule has 1 aromatic heterocycles. The fourth-order valence-electron chi connectivity index (χ4n) is 1.18. The number of sulfonamides is 1. The Kier molecular flexibility index (Phi) is 1.98. The minimum absolute atomic E-state index is 0.0893. The molecule has 71 valence electrons. The highest BCUT2D eigenvalue weighted by Crippen LogP contribution is 2.15. The average molecular weight is 207 g/mol. The molecular weight excluding hydrogens is 200 g/mol. The molecule has 2 rings (SSSR count). The molecule has 0 spiro atoms. The van der Waals surface area contributed by atoms with Crippen molar-refractivity contribution >= 4 is 20.9 Å². The molecule has 5 heteroatoms. The third kappa shape index (κ3) is 1.59. The van der Waals surface area contributed by atoms with Crippen LogP contribution in [0.4, 0.5) is 0 Å². The van der Waals surface area contributed by atoms with E-state index in [0.717, 1.165) is 5.52 Å². The van der Waals surface area contributed by atoms with Gasteiger partial charge in [0.2, 0.25) is 10.0 Å². The van der Waals surface area contributed by atoms with Crippen molar-refractivity contribution in [3.63, 3.8) is 0 Å². The van der Waals surface area contributed by atoms with Gasteiger partial charge in [-0.1, -0.05) is 0 Å². The molecule has 0 bridgehead atoms. The second-order valence-corrected chi connectivity index (χ2v) is 4.40. The Morgan fingerprint density at radius 2 is 2.14 bits per heavy atom. The Bertz CT molecular complexity index is 578. The van der Waals surface area contributed by atoms with Crippen molar-refractivity contribution in [1.82, 2.24) is 4.98 Å². The number of rotatable bonds is 1. The first-order valence-corrected chi connectivity index (χ1v) is 5.41. The summed E-state index contributed by atoms with van der Waals surface area (Å²) in [6.07, 6.45) is 1.53. The normalized spacial score (nSPS) is 11.8. The van der Waals surface area contributed by atoms with Gasteiger partial charge in [-0.3, -0.25) is 4.98 Å².